The standard InChI is InChI=1S/C22H19NO/c1-23(2)21-12-11-16(17-8-5-6-10-19(17)21)13-20-18-9-4-3-7-15(18)14-22(20)24/h3-13H,14H2,1-2H3/b20-13+. The lowest BCUT2D eigenvalue weighted by atomic mass is 9.98. The van der Waals surface area contributed by atoms with Crippen molar-refractivity contribution in [1.29, 1.82) is 0 Å². The highest BCUT2D eigenvalue weighted by molar-refractivity contribution is 6.30. The first kappa shape index (κ1) is 14.7. The van der Waals surface area contributed by atoms with Crippen LogP contribution < -0.4 is 4.90 Å². The van der Waals surface area contributed by atoms with E-state index >= 15 is 0 Å². The van der Waals surface area contributed by atoms with Crippen molar-refractivity contribution in [2.75, 3.05) is 19.0 Å². The predicted molar refractivity (Wildman–Crippen MR) is 101 cm³/mol. The van der Waals surface area contributed by atoms with Gasteiger partial charge in [0.25, 0.3) is 0 Å². The molecule has 0 N–H and O–H groups in total. The van der Waals surface area contributed by atoms with Crippen molar-refractivity contribution < 1.29 is 4.79 Å². The van der Waals surface area contributed by atoms with Crippen molar-refractivity contribution >= 4 is 33.9 Å². The van der Waals surface area contributed by atoms with Crippen LogP contribution in [0.4, 0.5) is 5.69 Å². The topological polar surface area (TPSA) is 20.3 Å². The molecule has 0 radical (unpaired) electrons. The summed E-state index contributed by atoms with van der Waals surface area (Å²) in [6, 6.07) is 20.7. The highest BCUT2D eigenvalue weighted by atomic mass is 16.1. The van der Waals surface area contributed by atoms with Crippen LogP contribution in [-0.4, -0.2) is 19.9 Å². The number of hydrogen-bond acceptors (Lipinski definition) is 2. The predicted octanol–water partition coefficient (Wildman–Crippen LogP) is 4.57. The lowest BCUT2D eigenvalue weighted by molar-refractivity contribution is -0.112. The Morgan fingerprint density at radius 3 is 2.38 bits per heavy atom. The number of hydrogen-bond donors (Lipinski definition) is 0. The second-order valence-corrected chi connectivity index (χ2v) is 6.43. The van der Waals surface area contributed by atoms with Crippen LogP contribution in [0.2, 0.25) is 0 Å². The molecule has 0 heterocycles. The molecule has 118 valence electrons. The highest BCUT2D eigenvalue weighted by Crippen LogP contribution is 2.34. The molecule has 0 aromatic heterocycles. The maximum atomic E-state index is 12.5. The van der Waals surface area contributed by atoms with Gasteiger partial charge in [-0.2, -0.15) is 0 Å². The van der Waals surface area contributed by atoms with Crippen molar-refractivity contribution in [2.45, 2.75) is 6.42 Å². The van der Waals surface area contributed by atoms with Crippen LogP contribution in [0, 0.1) is 0 Å². The second-order valence-electron chi connectivity index (χ2n) is 6.43. The third kappa shape index (κ3) is 2.31. The second kappa shape index (κ2) is 5.64. The lowest BCUT2D eigenvalue weighted by Gasteiger charge is -2.17. The number of Topliss-reactive ketones (excluding diaryl/α,β-unsaturated/α-hetero) is 1. The summed E-state index contributed by atoms with van der Waals surface area (Å²) in [5.74, 6) is 0.206. The van der Waals surface area contributed by atoms with Crippen LogP contribution in [0.15, 0.2) is 60.7 Å². The zero-order valence-electron chi connectivity index (χ0n) is 13.9. The van der Waals surface area contributed by atoms with E-state index in [0.717, 1.165) is 22.3 Å². The average molecular weight is 313 g/mol. The molecule has 0 amide bonds. The first-order valence-electron chi connectivity index (χ1n) is 8.17. The highest BCUT2D eigenvalue weighted by Gasteiger charge is 2.23. The van der Waals surface area contributed by atoms with E-state index in [-0.39, 0.29) is 5.78 Å². The molecule has 0 saturated carbocycles. The molecule has 0 fully saturated rings. The average Bonchev–Trinajstić information content (AvgIpc) is 2.90. The van der Waals surface area contributed by atoms with E-state index in [1.54, 1.807) is 0 Å². The van der Waals surface area contributed by atoms with Gasteiger partial charge < -0.3 is 4.90 Å². The Kier molecular flexibility index (Phi) is 3.46. The van der Waals surface area contributed by atoms with Gasteiger partial charge in [0, 0.05) is 37.2 Å². The van der Waals surface area contributed by atoms with Gasteiger partial charge in [-0.05, 0) is 34.2 Å². The largest absolute Gasteiger partial charge is 0.377 e. The van der Waals surface area contributed by atoms with E-state index < -0.39 is 0 Å². The van der Waals surface area contributed by atoms with Gasteiger partial charge in [-0.3, -0.25) is 4.79 Å². The minimum Gasteiger partial charge on any atom is -0.377 e. The number of fused-ring (bicyclic) bond motifs is 2. The Morgan fingerprint density at radius 1 is 0.875 bits per heavy atom. The van der Waals surface area contributed by atoms with Crippen LogP contribution in [-0.2, 0) is 11.2 Å². The molecule has 0 bridgehead atoms. The van der Waals surface area contributed by atoms with Gasteiger partial charge in [0.05, 0.1) is 0 Å². The molecule has 0 aliphatic heterocycles. The maximum absolute atomic E-state index is 12.5. The van der Waals surface area contributed by atoms with E-state index in [4.69, 9.17) is 0 Å². The molecule has 0 unspecified atom stereocenters. The van der Waals surface area contributed by atoms with Crippen LogP contribution >= 0.6 is 0 Å². The zero-order chi connectivity index (χ0) is 16.7. The number of carbonyl (C=O) groups excluding carboxylic acids is 1. The third-order valence-electron chi connectivity index (χ3n) is 4.68. The Hall–Kier alpha value is -2.87. The van der Waals surface area contributed by atoms with E-state index in [1.165, 1.54) is 16.5 Å². The number of ketones is 1. The molecule has 4 rings (SSSR count). The number of nitrogens with zero attached hydrogens (tertiary/aromatic N) is 1. The van der Waals surface area contributed by atoms with Crippen molar-refractivity contribution in [3.63, 3.8) is 0 Å². The number of anilines is 1. The smallest absolute Gasteiger partial charge is 0.167 e. The molecule has 2 nitrogen and oxygen atoms in total. The van der Waals surface area contributed by atoms with Gasteiger partial charge >= 0.3 is 0 Å². The van der Waals surface area contributed by atoms with E-state index in [9.17, 15) is 4.79 Å². The van der Waals surface area contributed by atoms with E-state index in [1.807, 2.05) is 30.3 Å². The molecule has 3 aromatic rings. The Balaban J connectivity index is 1.93. The Morgan fingerprint density at radius 2 is 1.58 bits per heavy atom. The van der Waals surface area contributed by atoms with Gasteiger partial charge in [0.15, 0.2) is 5.78 Å². The fourth-order valence-electron chi connectivity index (χ4n) is 3.49. The molecular weight excluding hydrogens is 294 g/mol. The Bertz CT molecular complexity index is 982. The number of rotatable bonds is 2. The summed E-state index contributed by atoms with van der Waals surface area (Å²) in [4.78, 5) is 14.6. The molecule has 24 heavy (non-hydrogen) atoms. The minimum atomic E-state index is 0.206. The molecule has 3 aromatic carbocycles. The van der Waals surface area contributed by atoms with Crippen LogP contribution in [0.5, 0.6) is 0 Å². The van der Waals surface area contributed by atoms with Gasteiger partial charge in [-0.15, -0.1) is 0 Å². The van der Waals surface area contributed by atoms with Crippen molar-refractivity contribution in [2.24, 2.45) is 0 Å². The van der Waals surface area contributed by atoms with Crippen molar-refractivity contribution in [3.05, 3.63) is 77.4 Å². The molecule has 2 heteroatoms. The van der Waals surface area contributed by atoms with E-state index in [0.29, 0.717) is 6.42 Å². The Labute approximate surface area is 142 Å². The number of benzene rings is 3. The van der Waals surface area contributed by atoms with Crippen LogP contribution in [0.3, 0.4) is 0 Å². The maximum Gasteiger partial charge on any atom is 0.167 e. The summed E-state index contributed by atoms with van der Waals surface area (Å²) in [6.45, 7) is 0. The quantitative estimate of drug-likeness (QED) is 0.646. The monoisotopic (exact) mass is 313 g/mol. The van der Waals surface area contributed by atoms with Gasteiger partial charge in [0.2, 0.25) is 0 Å². The van der Waals surface area contributed by atoms with Gasteiger partial charge in [0.1, 0.15) is 0 Å². The van der Waals surface area contributed by atoms with Crippen molar-refractivity contribution in [3.8, 4) is 0 Å². The molecule has 1 aliphatic carbocycles. The number of allylic oxidation sites excluding steroid dienone is 1. The fourth-order valence-corrected chi connectivity index (χ4v) is 3.49. The first-order valence-corrected chi connectivity index (χ1v) is 8.17. The lowest BCUT2D eigenvalue weighted by Crippen LogP contribution is -2.09. The molecule has 0 saturated heterocycles. The summed E-state index contributed by atoms with van der Waals surface area (Å²) >= 11 is 0. The normalized spacial score (nSPS) is 15.1. The molecular formula is C22H19NO. The summed E-state index contributed by atoms with van der Waals surface area (Å²) in [5, 5.41) is 2.38. The summed E-state index contributed by atoms with van der Waals surface area (Å²) in [7, 11) is 4.10. The minimum absolute atomic E-state index is 0.206. The number of carbonyl (C=O) groups is 1. The SMILES string of the molecule is CN(C)c1ccc(/C=C2/C(=O)Cc3ccccc32)c2ccccc12. The summed E-state index contributed by atoms with van der Waals surface area (Å²) in [5.41, 5.74) is 5.31. The molecule has 0 spiro atoms. The summed E-state index contributed by atoms with van der Waals surface area (Å²) < 4.78 is 0. The van der Waals surface area contributed by atoms with Crippen LogP contribution in [0.25, 0.3) is 22.4 Å². The molecule has 1 aliphatic rings. The summed E-state index contributed by atoms with van der Waals surface area (Å²) in [6.07, 6.45) is 2.56. The third-order valence-corrected chi connectivity index (χ3v) is 4.68. The van der Waals surface area contributed by atoms with Crippen molar-refractivity contribution in [1.82, 2.24) is 0 Å². The zero-order valence-corrected chi connectivity index (χ0v) is 13.9. The van der Waals surface area contributed by atoms with Crippen LogP contribution in [0.1, 0.15) is 16.7 Å². The van der Waals surface area contributed by atoms with Gasteiger partial charge in [-0.25, -0.2) is 0 Å². The van der Waals surface area contributed by atoms with E-state index in [2.05, 4.69) is 55.4 Å². The fraction of sp³-hybridized carbons (Fsp3) is 0.136. The molecule has 0 atom stereocenters. The van der Waals surface area contributed by atoms with Gasteiger partial charge in [-0.1, -0.05) is 54.6 Å². The first-order chi connectivity index (χ1) is 11.6.